The molecule has 0 bridgehead atoms. The van der Waals surface area contributed by atoms with Gasteiger partial charge in [-0.25, -0.2) is 0 Å². The van der Waals surface area contributed by atoms with E-state index in [9.17, 15) is 4.79 Å². The number of fused-ring (bicyclic) bond motifs is 2. The molecule has 0 amide bonds. The van der Waals surface area contributed by atoms with Crippen LogP contribution in [-0.4, -0.2) is 29.9 Å². The van der Waals surface area contributed by atoms with Crippen molar-refractivity contribution in [2.45, 2.75) is 71.0 Å². The van der Waals surface area contributed by atoms with E-state index < -0.39 is 5.79 Å². The molecule has 29 heavy (non-hydrogen) atoms. The van der Waals surface area contributed by atoms with E-state index in [0.717, 1.165) is 62.0 Å². The lowest BCUT2D eigenvalue weighted by Crippen LogP contribution is -2.46. The van der Waals surface area contributed by atoms with Crippen molar-refractivity contribution in [1.29, 1.82) is 0 Å². The predicted molar refractivity (Wildman–Crippen MR) is 109 cm³/mol. The van der Waals surface area contributed by atoms with Gasteiger partial charge >= 0.3 is 0 Å². The lowest BCUT2D eigenvalue weighted by molar-refractivity contribution is -0.180. The second-order valence-corrected chi connectivity index (χ2v) is 9.69. The third kappa shape index (κ3) is 3.14. The number of ketones is 1. The molecule has 1 aromatic rings. The Morgan fingerprint density at radius 3 is 2.83 bits per heavy atom. The van der Waals surface area contributed by atoms with Gasteiger partial charge in [-0.15, -0.1) is 0 Å². The second-order valence-electron chi connectivity index (χ2n) is 9.69. The standard InChI is InChI=1S/C24H31NO4/c1-15(2)16-11-17(13-19-22-20(26)5-4-6-21(22)29-25-19)23(3)7-8-24(14-18(23)12-16)27-9-10-28-24/h12,16-17H,1,4-11,13-14H2,2-3H3/t16-,17+,23+/m0/s1. The van der Waals surface area contributed by atoms with Crippen LogP contribution in [0.5, 0.6) is 0 Å². The van der Waals surface area contributed by atoms with E-state index in [1.54, 1.807) is 0 Å². The van der Waals surface area contributed by atoms with Crippen LogP contribution in [0, 0.1) is 17.3 Å². The van der Waals surface area contributed by atoms with Crippen molar-refractivity contribution in [3.63, 3.8) is 0 Å². The number of Topliss-reactive ketones (excluding diaryl/α,β-unsaturated/α-hetero) is 1. The monoisotopic (exact) mass is 397 g/mol. The quantitative estimate of drug-likeness (QED) is 0.685. The maximum atomic E-state index is 12.6. The molecule has 1 aliphatic heterocycles. The molecule has 1 spiro atoms. The van der Waals surface area contributed by atoms with Crippen molar-refractivity contribution in [2.75, 3.05) is 13.2 Å². The van der Waals surface area contributed by atoms with Crippen LogP contribution in [0.25, 0.3) is 0 Å². The Kier molecular flexibility index (Phi) is 4.59. The van der Waals surface area contributed by atoms with Crippen molar-refractivity contribution < 1.29 is 18.8 Å². The number of aryl methyl sites for hydroxylation is 1. The number of carbonyl (C=O) groups is 1. The van der Waals surface area contributed by atoms with Crippen LogP contribution in [0.15, 0.2) is 28.3 Å². The fraction of sp³-hybridized carbons (Fsp3) is 0.667. The molecule has 1 saturated carbocycles. The summed E-state index contributed by atoms with van der Waals surface area (Å²) in [5.41, 5.74) is 4.33. The molecule has 5 heteroatoms. The summed E-state index contributed by atoms with van der Waals surface area (Å²) in [4.78, 5) is 12.6. The highest BCUT2D eigenvalue weighted by molar-refractivity contribution is 5.98. The van der Waals surface area contributed by atoms with E-state index in [1.807, 2.05) is 0 Å². The van der Waals surface area contributed by atoms with Crippen molar-refractivity contribution >= 4 is 5.78 Å². The molecule has 2 fully saturated rings. The fourth-order valence-electron chi connectivity index (χ4n) is 5.94. The summed E-state index contributed by atoms with van der Waals surface area (Å²) in [6, 6.07) is 0. The zero-order valence-corrected chi connectivity index (χ0v) is 17.6. The van der Waals surface area contributed by atoms with Crippen LogP contribution in [-0.2, 0) is 22.3 Å². The van der Waals surface area contributed by atoms with Gasteiger partial charge in [-0.3, -0.25) is 4.79 Å². The summed E-state index contributed by atoms with van der Waals surface area (Å²) in [5, 5.41) is 4.36. The molecule has 5 rings (SSSR count). The van der Waals surface area contributed by atoms with Crippen LogP contribution in [0.4, 0.5) is 0 Å². The van der Waals surface area contributed by atoms with Gasteiger partial charge in [0.2, 0.25) is 0 Å². The van der Waals surface area contributed by atoms with E-state index in [0.29, 0.717) is 31.5 Å². The maximum absolute atomic E-state index is 12.6. The normalized spacial score (nSPS) is 33.3. The summed E-state index contributed by atoms with van der Waals surface area (Å²) in [6.45, 7) is 10.1. The van der Waals surface area contributed by atoms with Crippen LogP contribution >= 0.6 is 0 Å². The number of nitrogens with zero attached hydrogens (tertiary/aromatic N) is 1. The van der Waals surface area contributed by atoms with Crippen LogP contribution in [0.2, 0.25) is 0 Å². The molecule has 0 unspecified atom stereocenters. The first-order chi connectivity index (χ1) is 13.9. The first-order valence-electron chi connectivity index (χ1n) is 11.1. The van der Waals surface area contributed by atoms with Gasteiger partial charge in [0.25, 0.3) is 0 Å². The first-order valence-corrected chi connectivity index (χ1v) is 11.1. The number of allylic oxidation sites excluding steroid dienone is 2. The topological polar surface area (TPSA) is 61.6 Å². The Morgan fingerprint density at radius 1 is 1.28 bits per heavy atom. The minimum absolute atomic E-state index is 0.0655. The van der Waals surface area contributed by atoms with Crippen molar-refractivity contribution in [3.05, 3.63) is 40.8 Å². The predicted octanol–water partition coefficient (Wildman–Crippen LogP) is 4.81. The van der Waals surface area contributed by atoms with Gasteiger partial charge in [-0.1, -0.05) is 35.9 Å². The minimum Gasteiger partial charge on any atom is -0.360 e. The van der Waals surface area contributed by atoms with Gasteiger partial charge in [-0.2, -0.15) is 0 Å². The molecule has 3 aliphatic carbocycles. The number of hydrogen-bond donors (Lipinski definition) is 0. The third-order valence-corrected chi connectivity index (χ3v) is 7.87. The van der Waals surface area contributed by atoms with Gasteiger partial charge in [0.05, 0.1) is 24.5 Å². The Hall–Kier alpha value is -1.72. The van der Waals surface area contributed by atoms with Crippen LogP contribution in [0.1, 0.15) is 74.2 Å². The van der Waals surface area contributed by atoms with Crippen molar-refractivity contribution in [1.82, 2.24) is 5.16 Å². The van der Waals surface area contributed by atoms with Gasteiger partial charge in [-0.05, 0) is 49.9 Å². The molecule has 3 atom stereocenters. The van der Waals surface area contributed by atoms with Crippen molar-refractivity contribution in [2.24, 2.45) is 17.3 Å². The molecule has 2 heterocycles. The average molecular weight is 398 g/mol. The van der Waals surface area contributed by atoms with Crippen LogP contribution < -0.4 is 0 Å². The number of aromatic nitrogens is 1. The summed E-state index contributed by atoms with van der Waals surface area (Å²) >= 11 is 0. The average Bonchev–Trinajstić information content (AvgIpc) is 3.31. The Labute approximate surface area is 172 Å². The van der Waals surface area contributed by atoms with E-state index in [4.69, 9.17) is 14.0 Å². The molecule has 1 saturated heterocycles. The molecular formula is C24H31NO4. The molecule has 156 valence electrons. The zero-order chi connectivity index (χ0) is 20.2. The maximum Gasteiger partial charge on any atom is 0.172 e. The number of hydrogen-bond acceptors (Lipinski definition) is 5. The van der Waals surface area contributed by atoms with Gasteiger partial charge < -0.3 is 14.0 Å². The molecule has 4 aliphatic rings. The molecule has 0 aromatic carbocycles. The Balaban J connectivity index is 1.47. The first kappa shape index (κ1) is 19.3. The van der Waals surface area contributed by atoms with Crippen molar-refractivity contribution in [3.8, 4) is 0 Å². The summed E-state index contributed by atoms with van der Waals surface area (Å²) in [5.74, 6) is 1.30. The second kappa shape index (κ2) is 6.92. The fourth-order valence-corrected chi connectivity index (χ4v) is 5.94. The zero-order valence-electron chi connectivity index (χ0n) is 17.6. The molecule has 0 N–H and O–H groups in total. The molecular weight excluding hydrogens is 366 g/mol. The Morgan fingerprint density at radius 2 is 2.07 bits per heavy atom. The smallest absolute Gasteiger partial charge is 0.172 e. The highest BCUT2D eigenvalue weighted by Gasteiger charge is 2.52. The minimum atomic E-state index is -0.435. The van der Waals surface area contributed by atoms with Crippen LogP contribution in [0.3, 0.4) is 0 Å². The summed E-state index contributed by atoms with van der Waals surface area (Å²) in [7, 11) is 0. The molecule has 5 nitrogen and oxygen atoms in total. The largest absolute Gasteiger partial charge is 0.360 e. The number of rotatable bonds is 3. The molecule has 1 aromatic heterocycles. The summed E-state index contributed by atoms with van der Waals surface area (Å²) < 4.78 is 17.7. The van der Waals surface area contributed by atoms with Gasteiger partial charge in [0.1, 0.15) is 5.76 Å². The lowest BCUT2D eigenvalue weighted by atomic mass is 9.56. The third-order valence-electron chi connectivity index (χ3n) is 7.87. The lowest BCUT2D eigenvalue weighted by Gasteiger charge is -2.51. The highest BCUT2D eigenvalue weighted by atomic mass is 16.7. The van der Waals surface area contributed by atoms with E-state index in [-0.39, 0.29) is 11.2 Å². The van der Waals surface area contributed by atoms with E-state index >= 15 is 0 Å². The number of carbonyl (C=O) groups excluding carboxylic acids is 1. The summed E-state index contributed by atoms with van der Waals surface area (Å²) in [6.07, 6.45) is 9.34. The Bertz CT molecular complexity index is 875. The number of ether oxygens (including phenoxy) is 2. The SMILES string of the molecule is C=C(C)[C@@H]1C=C2CC3(CC[C@]2(C)[C@@H](Cc2noc4c2C(=O)CCC4)C1)OCCO3. The molecule has 0 radical (unpaired) electrons. The van der Waals surface area contributed by atoms with Gasteiger partial charge in [0.15, 0.2) is 11.6 Å². The van der Waals surface area contributed by atoms with E-state index in [2.05, 4.69) is 31.7 Å². The van der Waals surface area contributed by atoms with Gasteiger partial charge in [0, 0.05) is 25.7 Å². The highest BCUT2D eigenvalue weighted by Crippen LogP contribution is 2.57. The van der Waals surface area contributed by atoms with E-state index in [1.165, 1.54) is 11.1 Å².